The Morgan fingerprint density at radius 2 is 1.58 bits per heavy atom. The Balaban J connectivity index is 0.000000591. The number of rotatable bonds is 12. The Hall–Kier alpha value is -4.06. The SMILES string of the molecule is C=C(O)CCCC.CC/C=C1/C=CC(C(c2ccc(F)cc2)c2ccc(F)cc2)=NN1CCCc1cc(C2CCC2)ccc1F. The molecule has 1 fully saturated rings. The van der Waals surface area contributed by atoms with Crippen LogP contribution in [0.25, 0.3) is 0 Å². The van der Waals surface area contributed by atoms with Crippen LogP contribution in [-0.4, -0.2) is 22.4 Å². The number of hydrogen-bond acceptors (Lipinski definition) is 3. The van der Waals surface area contributed by atoms with E-state index >= 15 is 0 Å². The molecule has 1 saturated carbocycles. The summed E-state index contributed by atoms with van der Waals surface area (Å²) in [5.41, 5.74) is 5.55. The van der Waals surface area contributed by atoms with Crippen LogP contribution in [0.3, 0.4) is 0 Å². The largest absolute Gasteiger partial charge is 0.513 e. The van der Waals surface area contributed by atoms with Gasteiger partial charge in [0.15, 0.2) is 0 Å². The fourth-order valence-electron chi connectivity index (χ4n) is 5.63. The van der Waals surface area contributed by atoms with Crippen molar-refractivity contribution >= 4 is 5.71 Å². The number of benzene rings is 3. The zero-order valence-electron chi connectivity index (χ0n) is 26.5. The third-order valence-corrected chi connectivity index (χ3v) is 8.36. The highest BCUT2D eigenvalue weighted by Crippen LogP contribution is 2.37. The van der Waals surface area contributed by atoms with Crippen molar-refractivity contribution in [3.8, 4) is 0 Å². The van der Waals surface area contributed by atoms with E-state index in [0.29, 0.717) is 24.6 Å². The third-order valence-electron chi connectivity index (χ3n) is 8.36. The lowest BCUT2D eigenvalue weighted by Crippen LogP contribution is -2.26. The number of halogens is 3. The summed E-state index contributed by atoms with van der Waals surface area (Å²) in [6, 6.07) is 18.3. The molecule has 1 N–H and O–H groups in total. The highest BCUT2D eigenvalue weighted by Gasteiger charge is 2.24. The number of hydrazone groups is 1. The second-order valence-corrected chi connectivity index (χ2v) is 11.8. The maximum Gasteiger partial charge on any atom is 0.126 e. The Labute approximate surface area is 266 Å². The van der Waals surface area contributed by atoms with Gasteiger partial charge in [-0.1, -0.05) is 75.7 Å². The van der Waals surface area contributed by atoms with Crippen molar-refractivity contribution in [1.29, 1.82) is 0 Å². The summed E-state index contributed by atoms with van der Waals surface area (Å²) in [4.78, 5) is 0. The molecule has 6 heteroatoms. The van der Waals surface area contributed by atoms with Gasteiger partial charge in [-0.3, -0.25) is 5.01 Å². The average Bonchev–Trinajstić information content (AvgIpc) is 3.00. The number of unbranched alkanes of at least 4 members (excludes halogenated alkanes) is 1. The van der Waals surface area contributed by atoms with E-state index in [4.69, 9.17) is 10.2 Å². The highest BCUT2D eigenvalue weighted by atomic mass is 19.1. The van der Waals surface area contributed by atoms with E-state index in [1.54, 1.807) is 30.3 Å². The van der Waals surface area contributed by atoms with E-state index in [2.05, 4.69) is 26.5 Å². The number of allylic oxidation sites excluding steroid dienone is 4. The summed E-state index contributed by atoms with van der Waals surface area (Å²) in [5, 5.41) is 15.5. The molecule has 1 aliphatic heterocycles. The van der Waals surface area contributed by atoms with Crippen molar-refractivity contribution in [3.63, 3.8) is 0 Å². The van der Waals surface area contributed by atoms with Crippen LogP contribution in [0.4, 0.5) is 13.2 Å². The number of aryl methyl sites for hydroxylation is 1. The minimum absolute atomic E-state index is 0.146. The Kier molecular flexibility index (Phi) is 12.7. The summed E-state index contributed by atoms with van der Waals surface area (Å²) in [5.74, 6) is -0.167. The summed E-state index contributed by atoms with van der Waals surface area (Å²) < 4.78 is 42.0. The summed E-state index contributed by atoms with van der Waals surface area (Å²) in [6.07, 6.45) is 15.0. The molecule has 0 radical (unpaired) electrons. The van der Waals surface area contributed by atoms with Crippen molar-refractivity contribution in [3.05, 3.63) is 143 Å². The predicted octanol–water partition coefficient (Wildman–Crippen LogP) is 10.9. The smallest absolute Gasteiger partial charge is 0.126 e. The fourth-order valence-corrected chi connectivity index (χ4v) is 5.63. The van der Waals surface area contributed by atoms with Crippen LogP contribution in [0.15, 0.2) is 108 Å². The maximum atomic E-state index is 14.6. The molecule has 238 valence electrons. The number of aliphatic hydroxyl groups excluding tert-OH is 1. The van der Waals surface area contributed by atoms with Gasteiger partial charge in [-0.05, 0) is 109 Å². The van der Waals surface area contributed by atoms with Crippen LogP contribution in [0.1, 0.15) is 99.3 Å². The first-order chi connectivity index (χ1) is 21.8. The minimum Gasteiger partial charge on any atom is -0.513 e. The van der Waals surface area contributed by atoms with E-state index < -0.39 is 0 Å². The lowest BCUT2D eigenvalue weighted by atomic mass is 9.79. The zero-order valence-corrected chi connectivity index (χ0v) is 26.5. The van der Waals surface area contributed by atoms with Gasteiger partial charge in [-0.2, -0.15) is 5.10 Å². The topological polar surface area (TPSA) is 35.8 Å². The van der Waals surface area contributed by atoms with Crippen LogP contribution in [0.5, 0.6) is 0 Å². The molecule has 0 amide bonds. The maximum absolute atomic E-state index is 14.6. The van der Waals surface area contributed by atoms with Gasteiger partial charge in [0.05, 0.1) is 23.1 Å². The molecular formula is C39H45F3N2O. The quantitative estimate of drug-likeness (QED) is 0.206. The van der Waals surface area contributed by atoms with Gasteiger partial charge in [0.2, 0.25) is 0 Å². The van der Waals surface area contributed by atoms with Crippen LogP contribution < -0.4 is 0 Å². The molecule has 0 aromatic heterocycles. The zero-order chi connectivity index (χ0) is 32.2. The van der Waals surface area contributed by atoms with Crippen LogP contribution in [0.2, 0.25) is 0 Å². The Morgan fingerprint density at radius 3 is 2.09 bits per heavy atom. The molecule has 0 saturated heterocycles. The van der Waals surface area contributed by atoms with Crippen LogP contribution >= 0.6 is 0 Å². The molecule has 0 spiro atoms. The molecule has 45 heavy (non-hydrogen) atoms. The first kappa shape index (κ1) is 33.8. The van der Waals surface area contributed by atoms with Crippen molar-refractivity contribution in [2.75, 3.05) is 6.54 Å². The van der Waals surface area contributed by atoms with Crippen molar-refractivity contribution in [2.45, 2.75) is 83.5 Å². The van der Waals surface area contributed by atoms with E-state index in [1.165, 1.54) is 49.1 Å². The van der Waals surface area contributed by atoms with E-state index in [1.807, 2.05) is 29.3 Å². The molecule has 3 nitrogen and oxygen atoms in total. The van der Waals surface area contributed by atoms with E-state index in [0.717, 1.165) is 60.2 Å². The molecule has 5 rings (SSSR count). The standard InChI is InChI=1S/C33H33F3N2.C6H12O/c1-2-5-30-18-20-32(33(24-9-14-28(34)15-10-24)25-11-16-29(35)17-12-25)37-38(30)21-4-8-27-22-26(13-19-31(27)36)23-6-3-7-23;1-3-4-5-6(2)7/h5,9-20,22-23,33H,2-4,6-8,21H2,1H3;7H,2-5H2,1H3/b30-5-;. The molecule has 0 bridgehead atoms. The summed E-state index contributed by atoms with van der Waals surface area (Å²) in [7, 11) is 0. The Bertz CT molecular complexity index is 1440. The molecule has 3 aromatic rings. The van der Waals surface area contributed by atoms with E-state index in [9.17, 15) is 13.2 Å². The number of aliphatic hydroxyl groups is 1. The van der Waals surface area contributed by atoms with Gasteiger partial charge in [-0.15, -0.1) is 0 Å². The molecule has 3 aromatic carbocycles. The van der Waals surface area contributed by atoms with Gasteiger partial charge >= 0.3 is 0 Å². The Morgan fingerprint density at radius 1 is 0.933 bits per heavy atom. The second kappa shape index (κ2) is 16.9. The third kappa shape index (κ3) is 9.71. The van der Waals surface area contributed by atoms with Gasteiger partial charge in [0.1, 0.15) is 17.5 Å². The van der Waals surface area contributed by atoms with Crippen molar-refractivity contribution in [1.82, 2.24) is 5.01 Å². The van der Waals surface area contributed by atoms with Crippen LogP contribution in [0, 0.1) is 17.5 Å². The lowest BCUT2D eigenvalue weighted by molar-refractivity contribution is 0.362. The van der Waals surface area contributed by atoms with Crippen molar-refractivity contribution in [2.24, 2.45) is 5.10 Å². The number of nitrogens with zero attached hydrogens (tertiary/aromatic N) is 2. The van der Waals surface area contributed by atoms with Crippen LogP contribution in [-0.2, 0) is 6.42 Å². The summed E-state index contributed by atoms with van der Waals surface area (Å²) >= 11 is 0. The molecular weight excluding hydrogens is 569 g/mol. The predicted molar refractivity (Wildman–Crippen MR) is 179 cm³/mol. The lowest BCUT2D eigenvalue weighted by Gasteiger charge is -2.28. The van der Waals surface area contributed by atoms with Crippen molar-refractivity contribution < 1.29 is 18.3 Å². The normalized spacial score (nSPS) is 15.5. The second-order valence-electron chi connectivity index (χ2n) is 11.8. The van der Waals surface area contributed by atoms with Gasteiger partial charge in [0, 0.05) is 13.0 Å². The fraction of sp³-hybridized carbons (Fsp3) is 0.359. The molecule has 0 atom stereocenters. The molecule has 2 aliphatic rings. The molecule has 1 heterocycles. The molecule has 0 unspecified atom stereocenters. The molecule has 1 aliphatic carbocycles. The first-order valence-corrected chi connectivity index (χ1v) is 16.2. The average molecular weight is 615 g/mol. The number of hydrogen-bond donors (Lipinski definition) is 1. The minimum atomic E-state index is -0.309. The van der Waals surface area contributed by atoms with Gasteiger partial charge in [-0.25, -0.2) is 13.2 Å². The van der Waals surface area contributed by atoms with Gasteiger partial charge in [0.25, 0.3) is 0 Å². The van der Waals surface area contributed by atoms with Gasteiger partial charge < -0.3 is 5.11 Å². The monoisotopic (exact) mass is 614 g/mol. The first-order valence-electron chi connectivity index (χ1n) is 16.2. The summed E-state index contributed by atoms with van der Waals surface area (Å²) in [6.45, 7) is 8.15. The van der Waals surface area contributed by atoms with E-state index in [-0.39, 0.29) is 23.4 Å². The highest BCUT2D eigenvalue weighted by molar-refractivity contribution is 6.03.